The van der Waals surface area contributed by atoms with Gasteiger partial charge >= 0.3 is 0 Å². The van der Waals surface area contributed by atoms with Crippen molar-refractivity contribution in [2.24, 2.45) is 5.73 Å². The van der Waals surface area contributed by atoms with Crippen molar-refractivity contribution in [2.75, 3.05) is 4.90 Å². The molecule has 0 bridgehead atoms. The molecular weight excluding hydrogens is 310 g/mol. The Kier molecular flexibility index (Phi) is 3.90. The van der Waals surface area contributed by atoms with Crippen LogP contribution in [-0.2, 0) is 13.1 Å². The van der Waals surface area contributed by atoms with Gasteiger partial charge in [-0.1, -0.05) is 30.3 Å². The number of aryl methyl sites for hydroxylation is 1. The van der Waals surface area contributed by atoms with Crippen LogP contribution in [0.3, 0.4) is 0 Å². The molecule has 0 aromatic heterocycles. The fourth-order valence-electron chi connectivity index (χ4n) is 3.44. The number of fused-ring (bicyclic) bond motifs is 2. The van der Waals surface area contributed by atoms with Crippen LogP contribution in [0.15, 0.2) is 66.6 Å². The third-order valence-corrected chi connectivity index (χ3v) is 4.88. The number of rotatable bonds is 2. The number of anilines is 1. The van der Waals surface area contributed by atoms with Crippen LogP contribution in [0.5, 0.6) is 0 Å². The Labute approximate surface area is 147 Å². The number of nitrogens with two attached hydrogens (primary N) is 1. The second kappa shape index (κ2) is 6.22. The Balaban J connectivity index is 1.78. The summed E-state index contributed by atoms with van der Waals surface area (Å²) in [6.45, 7) is 3.27. The van der Waals surface area contributed by atoms with Crippen molar-refractivity contribution in [1.82, 2.24) is 4.90 Å². The maximum Gasteiger partial charge on any atom is 0.262 e. The first-order chi connectivity index (χ1) is 12.2. The molecule has 0 saturated carbocycles. The molecule has 4 heteroatoms. The van der Waals surface area contributed by atoms with Crippen LogP contribution >= 0.6 is 0 Å². The highest BCUT2D eigenvalue weighted by atomic mass is 16.2. The number of allylic oxidation sites excluding steroid dienone is 1. The number of benzene rings is 2. The molecule has 0 fully saturated rings. The molecule has 2 aliphatic heterocycles. The number of carbonyl (C=O) groups excluding carboxylic acids is 1. The Morgan fingerprint density at radius 3 is 2.84 bits per heavy atom. The number of hydrogen-bond donors (Lipinski definition) is 1. The van der Waals surface area contributed by atoms with E-state index in [0.717, 1.165) is 41.0 Å². The fraction of sp³-hybridized carbons (Fsp3) is 0.190. The molecule has 2 aromatic carbocycles. The molecule has 0 unspecified atom stereocenters. The van der Waals surface area contributed by atoms with Crippen molar-refractivity contribution in [3.63, 3.8) is 0 Å². The summed E-state index contributed by atoms with van der Waals surface area (Å²) in [7, 11) is 0. The molecule has 126 valence electrons. The molecule has 1 amide bonds. The number of carbonyl (C=O) groups is 1. The first-order valence-electron chi connectivity index (χ1n) is 8.52. The Morgan fingerprint density at radius 2 is 2.04 bits per heavy atom. The van der Waals surface area contributed by atoms with Gasteiger partial charge in [-0.2, -0.15) is 0 Å². The van der Waals surface area contributed by atoms with E-state index in [1.807, 2.05) is 49.5 Å². The van der Waals surface area contributed by atoms with Gasteiger partial charge < -0.3 is 10.6 Å². The molecule has 0 spiro atoms. The molecule has 4 rings (SSSR count). The summed E-state index contributed by atoms with van der Waals surface area (Å²) in [5, 5.41) is 0. The van der Waals surface area contributed by atoms with Crippen molar-refractivity contribution in [1.29, 1.82) is 0 Å². The molecule has 2 heterocycles. The SMILES string of the molecule is Cc1cc(C(=O)N2C=C3CC=CN3Cc3ccccc32)ccc1CN. The summed E-state index contributed by atoms with van der Waals surface area (Å²) in [6, 6.07) is 13.8. The second-order valence-corrected chi connectivity index (χ2v) is 6.49. The zero-order valence-corrected chi connectivity index (χ0v) is 14.3. The van der Waals surface area contributed by atoms with Gasteiger partial charge in [0.1, 0.15) is 0 Å². The van der Waals surface area contributed by atoms with Crippen molar-refractivity contribution in [2.45, 2.75) is 26.4 Å². The normalized spacial score (nSPS) is 15.5. The standard InChI is InChI=1S/C21H21N3O/c1-15-11-16(8-9-17(15)12-22)21(25)24-14-19-6-4-10-23(19)13-18-5-2-3-7-20(18)24/h2-5,7-11,14H,6,12-13,22H2,1H3. The summed E-state index contributed by atoms with van der Waals surface area (Å²) in [6.07, 6.45) is 7.04. The summed E-state index contributed by atoms with van der Waals surface area (Å²) >= 11 is 0. The molecule has 0 saturated heterocycles. The van der Waals surface area contributed by atoms with Crippen LogP contribution in [0.1, 0.15) is 33.5 Å². The first-order valence-corrected chi connectivity index (χ1v) is 8.52. The molecular formula is C21H21N3O. The average Bonchev–Trinajstić information content (AvgIpc) is 3.00. The highest BCUT2D eigenvalue weighted by molar-refractivity contribution is 6.08. The zero-order valence-electron chi connectivity index (χ0n) is 14.3. The molecule has 2 aliphatic rings. The molecule has 2 aromatic rings. The number of hydrogen-bond acceptors (Lipinski definition) is 3. The lowest BCUT2D eigenvalue weighted by molar-refractivity contribution is 0.0997. The van der Waals surface area contributed by atoms with Crippen molar-refractivity contribution in [3.8, 4) is 0 Å². The van der Waals surface area contributed by atoms with Crippen molar-refractivity contribution < 1.29 is 4.79 Å². The van der Waals surface area contributed by atoms with Crippen LogP contribution < -0.4 is 10.6 Å². The van der Waals surface area contributed by atoms with E-state index >= 15 is 0 Å². The Hall–Kier alpha value is -2.85. The van der Waals surface area contributed by atoms with E-state index in [9.17, 15) is 4.79 Å². The summed E-state index contributed by atoms with van der Waals surface area (Å²) in [5.41, 5.74) is 11.8. The lowest BCUT2D eigenvalue weighted by Gasteiger charge is -2.20. The Bertz CT molecular complexity index is 898. The van der Waals surface area contributed by atoms with Gasteiger partial charge in [0, 0.05) is 43.2 Å². The summed E-state index contributed by atoms with van der Waals surface area (Å²) < 4.78 is 0. The molecule has 0 aliphatic carbocycles. The van der Waals surface area contributed by atoms with Crippen LogP contribution in [0, 0.1) is 6.92 Å². The quantitative estimate of drug-likeness (QED) is 0.913. The predicted octanol–water partition coefficient (Wildman–Crippen LogP) is 3.67. The first kappa shape index (κ1) is 15.7. The van der Waals surface area contributed by atoms with Crippen molar-refractivity contribution in [3.05, 3.63) is 88.9 Å². The van der Waals surface area contributed by atoms with Gasteiger partial charge in [-0.25, -0.2) is 0 Å². The second-order valence-electron chi connectivity index (χ2n) is 6.49. The smallest absolute Gasteiger partial charge is 0.262 e. The minimum Gasteiger partial charge on any atom is -0.346 e. The summed E-state index contributed by atoms with van der Waals surface area (Å²) in [5.74, 6) is -0.0135. The van der Waals surface area contributed by atoms with Gasteiger partial charge in [-0.15, -0.1) is 0 Å². The van der Waals surface area contributed by atoms with E-state index in [4.69, 9.17) is 5.73 Å². The van der Waals surface area contributed by atoms with E-state index < -0.39 is 0 Å². The van der Waals surface area contributed by atoms with Crippen LogP contribution in [-0.4, -0.2) is 10.8 Å². The lowest BCUT2D eigenvalue weighted by Crippen LogP contribution is -2.26. The van der Waals surface area contributed by atoms with Gasteiger partial charge in [-0.3, -0.25) is 9.69 Å². The molecule has 0 radical (unpaired) electrons. The van der Waals surface area contributed by atoms with E-state index in [2.05, 4.69) is 23.2 Å². The maximum atomic E-state index is 13.3. The number of nitrogens with zero attached hydrogens (tertiary/aromatic N) is 2. The number of amides is 1. The fourth-order valence-corrected chi connectivity index (χ4v) is 3.44. The summed E-state index contributed by atoms with van der Waals surface area (Å²) in [4.78, 5) is 17.3. The van der Waals surface area contributed by atoms with E-state index in [0.29, 0.717) is 12.1 Å². The molecule has 4 nitrogen and oxygen atoms in total. The average molecular weight is 331 g/mol. The lowest BCUT2D eigenvalue weighted by atomic mass is 10.0. The maximum absolute atomic E-state index is 13.3. The van der Waals surface area contributed by atoms with Gasteiger partial charge in [0.05, 0.1) is 5.69 Å². The zero-order chi connectivity index (χ0) is 17.4. The predicted molar refractivity (Wildman–Crippen MR) is 99.7 cm³/mol. The van der Waals surface area contributed by atoms with Crippen LogP contribution in [0.4, 0.5) is 5.69 Å². The topological polar surface area (TPSA) is 49.6 Å². The van der Waals surface area contributed by atoms with Crippen LogP contribution in [0.25, 0.3) is 0 Å². The van der Waals surface area contributed by atoms with Gasteiger partial charge in [0.25, 0.3) is 5.91 Å². The number of para-hydroxylation sites is 1. The molecule has 25 heavy (non-hydrogen) atoms. The third-order valence-electron chi connectivity index (χ3n) is 4.88. The van der Waals surface area contributed by atoms with Gasteiger partial charge in [0.15, 0.2) is 0 Å². The van der Waals surface area contributed by atoms with Gasteiger partial charge in [0.2, 0.25) is 0 Å². The largest absolute Gasteiger partial charge is 0.346 e. The van der Waals surface area contributed by atoms with E-state index in [-0.39, 0.29) is 5.91 Å². The Morgan fingerprint density at radius 1 is 1.20 bits per heavy atom. The van der Waals surface area contributed by atoms with Crippen LogP contribution in [0.2, 0.25) is 0 Å². The third kappa shape index (κ3) is 2.75. The monoisotopic (exact) mass is 331 g/mol. The van der Waals surface area contributed by atoms with E-state index in [1.165, 1.54) is 0 Å². The van der Waals surface area contributed by atoms with Crippen molar-refractivity contribution >= 4 is 11.6 Å². The highest BCUT2D eigenvalue weighted by Crippen LogP contribution is 2.33. The minimum absolute atomic E-state index is 0.0135. The molecule has 2 N–H and O–H groups in total. The van der Waals surface area contributed by atoms with Gasteiger partial charge in [-0.05, 0) is 41.8 Å². The highest BCUT2D eigenvalue weighted by Gasteiger charge is 2.25. The molecule has 0 atom stereocenters. The minimum atomic E-state index is -0.0135. The van der Waals surface area contributed by atoms with E-state index in [1.54, 1.807) is 4.90 Å².